The normalized spacial score (nSPS) is 19.7. The van der Waals surface area contributed by atoms with Crippen LogP contribution in [0.15, 0.2) is 47.8 Å². The van der Waals surface area contributed by atoms with Gasteiger partial charge in [-0.25, -0.2) is 9.78 Å². The lowest BCUT2D eigenvalue weighted by Crippen LogP contribution is -2.44. The molecule has 33 heavy (non-hydrogen) atoms. The number of carbonyl (C=O) groups is 3. The molecule has 1 atom stereocenters. The highest BCUT2D eigenvalue weighted by Crippen LogP contribution is 2.34. The van der Waals surface area contributed by atoms with Gasteiger partial charge < -0.3 is 10.2 Å². The van der Waals surface area contributed by atoms with Gasteiger partial charge in [0.25, 0.3) is 5.91 Å². The van der Waals surface area contributed by atoms with Gasteiger partial charge in [0.1, 0.15) is 12.1 Å². The van der Waals surface area contributed by atoms with Crippen molar-refractivity contribution in [1.29, 1.82) is 0 Å². The van der Waals surface area contributed by atoms with Gasteiger partial charge in [0.2, 0.25) is 5.91 Å². The smallest absolute Gasteiger partial charge is 0.319 e. The number of thiazole rings is 1. The average molecular weight is 461 g/mol. The Morgan fingerprint density at radius 2 is 1.97 bits per heavy atom. The van der Waals surface area contributed by atoms with Crippen LogP contribution in [0.1, 0.15) is 28.6 Å². The van der Waals surface area contributed by atoms with Gasteiger partial charge >= 0.3 is 6.03 Å². The zero-order chi connectivity index (χ0) is 23.3. The number of urea groups is 1. The summed E-state index contributed by atoms with van der Waals surface area (Å²) in [5, 5.41) is 5.82. The van der Waals surface area contributed by atoms with Gasteiger partial charge in [-0.15, -0.1) is 11.3 Å². The van der Waals surface area contributed by atoms with Crippen LogP contribution < -0.4 is 10.2 Å². The summed E-state index contributed by atoms with van der Waals surface area (Å²) in [6.07, 6.45) is 0.721. The minimum atomic E-state index is -1.19. The summed E-state index contributed by atoms with van der Waals surface area (Å²) in [7, 11) is 0. The number of carbonyl (C=O) groups excluding carboxylic acids is 3. The number of benzene rings is 2. The SMILES string of the molecule is Cc1nc(-c2ccc3c(c2)CCN3C(=O)CN2C(=O)NC(C)(c3ccccc3C)C2=O)cs1. The maximum absolute atomic E-state index is 13.3. The molecule has 4 amide bonds. The number of anilines is 1. The van der Waals surface area contributed by atoms with Crippen molar-refractivity contribution in [3.8, 4) is 11.3 Å². The molecule has 2 aromatic carbocycles. The minimum Gasteiger partial charge on any atom is -0.319 e. The van der Waals surface area contributed by atoms with E-state index in [2.05, 4.69) is 16.4 Å². The lowest BCUT2D eigenvalue weighted by Gasteiger charge is -2.24. The van der Waals surface area contributed by atoms with Crippen molar-refractivity contribution in [1.82, 2.24) is 15.2 Å². The van der Waals surface area contributed by atoms with Crippen LogP contribution in [0, 0.1) is 13.8 Å². The van der Waals surface area contributed by atoms with Gasteiger partial charge in [-0.1, -0.05) is 30.3 Å². The molecule has 0 saturated carbocycles. The molecule has 1 fully saturated rings. The van der Waals surface area contributed by atoms with Crippen molar-refractivity contribution >= 4 is 34.9 Å². The molecule has 1 aromatic heterocycles. The van der Waals surface area contributed by atoms with E-state index in [1.807, 2.05) is 55.6 Å². The first kappa shape index (κ1) is 21.3. The summed E-state index contributed by atoms with van der Waals surface area (Å²) in [4.78, 5) is 46.4. The zero-order valence-corrected chi connectivity index (χ0v) is 19.5. The second-order valence-corrected chi connectivity index (χ2v) is 9.71. The maximum Gasteiger partial charge on any atom is 0.325 e. The molecule has 1 saturated heterocycles. The Kier molecular flexibility index (Phi) is 5.05. The molecule has 3 aromatic rings. The Hall–Kier alpha value is -3.52. The third-order valence-corrected chi connectivity index (χ3v) is 7.22. The molecule has 0 spiro atoms. The van der Waals surface area contributed by atoms with Gasteiger partial charge in [-0.05, 0) is 56.0 Å². The number of hydrogen-bond acceptors (Lipinski definition) is 5. The number of rotatable bonds is 4. The molecule has 5 rings (SSSR count). The van der Waals surface area contributed by atoms with Crippen LogP contribution in [-0.4, -0.2) is 40.8 Å². The summed E-state index contributed by atoms with van der Waals surface area (Å²) < 4.78 is 0. The fraction of sp³-hybridized carbons (Fsp3) is 0.280. The average Bonchev–Trinajstić information content (AvgIpc) is 3.47. The van der Waals surface area contributed by atoms with Crippen molar-refractivity contribution in [3.63, 3.8) is 0 Å². The Balaban J connectivity index is 1.35. The first-order valence-corrected chi connectivity index (χ1v) is 11.7. The highest BCUT2D eigenvalue weighted by molar-refractivity contribution is 7.09. The van der Waals surface area contributed by atoms with Crippen LogP contribution in [0.4, 0.5) is 10.5 Å². The zero-order valence-electron chi connectivity index (χ0n) is 18.7. The molecule has 3 heterocycles. The van der Waals surface area contributed by atoms with E-state index in [1.54, 1.807) is 23.2 Å². The summed E-state index contributed by atoms with van der Waals surface area (Å²) in [5.74, 6) is -0.688. The molecular weight excluding hydrogens is 436 g/mol. The molecule has 168 valence electrons. The van der Waals surface area contributed by atoms with Crippen LogP contribution in [-0.2, 0) is 21.5 Å². The number of nitrogens with zero attached hydrogens (tertiary/aromatic N) is 3. The molecule has 1 unspecified atom stereocenters. The number of aromatic nitrogens is 1. The van der Waals surface area contributed by atoms with E-state index in [0.717, 1.165) is 50.0 Å². The summed E-state index contributed by atoms with van der Waals surface area (Å²) >= 11 is 1.60. The number of nitrogens with one attached hydrogen (secondary N) is 1. The van der Waals surface area contributed by atoms with Crippen LogP contribution in [0.25, 0.3) is 11.3 Å². The van der Waals surface area contributed by atoms with Gasteiger partial charge in [-0.3, -0.25) is 14.5 Å². The Morgan fingerprint density at radius 3 is 2.70 bits per heavy atom. The highest BCUT2D eigenvalue weighted by Gasteiger charge is 2.50. The second kappa shape index (κ2) is 7.81. The van der Waals surface area contributed by atoms with Crippen LogP contribution in [0.5, 0.6) is 0 Å². The van der Waals surface area contributed by atoms with E-state index in [0.29, 0.717) is 6.54 Å². The fourth-order valence-electron chi connectivity index (χ4n) is 4.69. The van der Waals surface area contributed by atoms with E-state index in [4.69, 9.17) is 0 Å². The third-order valence-electron chi connectivity index (χ3n) is 6.44. The predicted octanol–water partition coefficient (Wildman–Crippen LogP) is 3.78. The lowest BCUT2D eigenvalue weighted by molar-refractivity contribution is -0.134. The van der Waals surface area contributed by atoms with E-state index in [-0.39, 0.29) is 12.5 Å². The van der Waals surface area contributed by atoms with E-state index in [1.165, 1.54) is 0 Å². The van der Waals surface area contributed by atoms with Crippen molar-refractivity contribution < 1.29 is 14.4 Å². The van der Waals surface area contributed by atoms with Crippen molar-refractivity contribution in [2.45, 2.75) is 32.7 Å². The van der Waals surface area contributed by atoms with Gasteiger partial charge in [0.05, 0.1) is 10.7 Å². The predicted molar refractivity (Wildman–Crippen MR) is 127 cm³/mol. The molecule has 8 heteroatoms. The Labute approximate surface area is 196 Å². The number of hydrogen-bond donors (Lipinski definition) is 1. The number of amides is 4. The third kappa shape index (κ3) is 3.51. The number of fused-ring (bicyclic) bond motifs is 1. The van der Waals surface area contributed by atoms with Gasteiger partial charge in [-0.2, -0.15) is 0 Å². The van der Waals surface area contributed by atoms with Gasteiger partial charge in [0.15, 0.2) is 0 Å². The summed E-state index contributed by atoms with van der Waals surface area (Å²) in [6, 6.07) is 12.9. The molecule has 2 aliphatic heterocycles. The molecule has 2 aliphatic rings. The molecule has 0 radical (unpaired) electrons. The Bertz CT molecular complexity index is 1300. The molecule has 0 bridgehead atoms. The molecule has 0 aliphatic carbocycles. The second-order valence-electron chi connectivity index (χ2n) is 8.65. The first-order valence-electron chi connectivity index (χ1n) is 10.8. The van der Waals surface area contributed by atoms with Crippen LogP contribution in [0.2, 0.25) is 0 Å². The van der Waals surface area contributed by atoms with Crippen molar-refractivity contribution in [2.75, 3.05) is 18.0 Å². The van der Waals surface area contributed by atoms with Gasteiger partial charge in [0, 0.05) is 23.2 Å². The maximum atomic E-state index is 13.3. The minimum absolute atomic E-state index is 0.275. The quantitative estimate of drug-likeness (QED) is 0.601. The summed E-state index contributed by atoms with van der Waals surface area (Å²) in [6.45, 7) is 5.79. The summed E-state index contributed by atoms with van der Waals surface area (Å²) in [5.41, 5.74) is 4.29. The van der Waals surface area contributed by atoms with E-state index in [9.17, 15) is 14.4 Å². The van der Waals surface area contributed by atoms with Crippen molar-refractivity contribution in [3.05, 3.63) is 69.5 Å². The number of aryl methyl sites for hydroxylation is 2. The Morgan fingerprint density at radius 1 is 1.18 bits per heavy atom. The standard InChI is InChI=1S/C25H24N4O3S/c1-15-6-4-5-7-19(15)25(3)23(31)29(24(32)27-25)13-22(30)28-11-10-18-12-17(8-9-21(18)28)20-14-33-16(2)26-20/h4-9,12,14H,10-11,13H2,1-3H3,(H,27,32). The molecular formula is C25H24N4O3S. The lowest BCUT2D eigenvalue weighted by atomic mass is 9.88. The monoisotopic (exact) mass is 460 g/mol. The highest BCUT2D eigenvalue weighted by atomic mass is 32.1. The first-order chi connectivity index (χ1) is 15.8. The van der Waals surface area contributed by atoms with Crippen LogP contribution in [0.3, 0.4) is 0 Å². The fourth-order valence-corrected chi connectivity index (χ4v) is 5.32. The molecule has 1 N–H and O–H groups in total. The van der Waals surface area contributed by atoms with E-state index >= 15 is 0 Å². The largest absolute Gasteiger partial charge is 0.325 e. The van der Waals surface area contributed by atoms with Crippen LogP contribution >= 0.6 is 11.3 Å². The van der Waals surface area contributed by atoms with E-state index < -0.39 is 17.5 Å². The molecule has 7 nitrogen and oxygen atoms in total. The topological polar surface area (TPSA) is 82.6 Å². The number of imide groups is 1. The van der Waals surface area contributed by atoms with Crippen molar-refractivity contribution in [2.24, 2.45) is 0 Å².